The Hall–Kier alpha value is -2.56. The number of amides is 1. The summed E-state index contributed by atoms with van der Waals surface area (Å²) >= 11 is 0. The Bertz CT molecular complexity index is 727. The molecule has 1 aromatic heterocycles. The molecule has 3 rings (SSSR count). The maximum atomic E-state index is 12.8. The van der Waals surface area contributed by atoms with Gasteiger partial charge in [0.2, 0.25) is 0 Å². The van der Waals surface area contributed by atoms with E-state index in [9.17, 15) is 4.79 Å². The number of rotatable bonds is 7. The maximum Gasteiger partial charge on any atom is 0.253 e. The Balaban J connectivity index is 1.74. The van der Waals surface area contributed by atoms with E-state index in [1.54, 1.807) is 18.5 Å². The van der Waals surface area contributed by atoms with Gasteiger partial charge in [0.15, 0.2) is 11.5 Å². The third-order valence-corrected chi connectivity index (χ3v) is 4.80. The largest absolute Gasteiger partial charge is 0.490 e. The van der Waals surface area contributed by atoms with Gasteiger partial charge in [-0.2, -0.15) is 0 Å². The minimum Gasteiger partial charge on any atom is -0.490 e. The molecular weight excluding hydrogens is 328 g/mol. The van der Waals surface area contributed by atoms with Gasteiger partial charge in [-0.3, -0.25) is 9.78 Å². The van der Waals surface area contributed by atoms with E-state index in [4.69, 9.17) is 9.47 Å². The van der Waals surface area contributed by atoms with Crippen molar-refractivity contribution in [2.45, 2.75) is 45.3 Å². The summed E-state index contributed by atoms with van der Waals surface area (Å²) < 4.78 is 11.6. The van der Waals surface area contributed by atoms with E-state index >= 15 is 0 Å². The van der Waals surface area contributed by atoms with E-state index in [0.717, 1.165) is 18.4 Å². The highest BCUT2D eigenvalue weighted by molar-refractivity contribution is 5.95. The molecule has 1 heterocycles. The lowest BCUT2D eigenvalue weighted by atomic mass is 10.1. The van der Waals surface area contributed by atoms with Gasteiger partial charge in [0.05, 0.1) is 6.61 Å². The molecule has 2 aromatic rings. The topological polar surface area (TPSA) is 51.7 Å². The van der Waals surface area contributed by atoms with E-state index in [1.807, 2.05) is 43.1 Å². The quantitative estimate of drug-likeness (QED) is 0.752. The van der Waals surface area contributed by atoms with Gasteiger partial charge in [-0.05, 0) is 44.0 Å². The summed E-state index contributed by atoms with van der Waals surface area (Å²) in [6.45, 7) is 2.84. The minimum atomic E-state index is 0.0386. The van der Waals surface area contributed by atoms with Gasteiger partial charge in [-0.25, -0.2) is 0 Å². The molecule has 1 fully saturated rings. The molecule has 138 valence electrons. The first kappa shape index (κ1) is 18.2. The minimum absolute atomic E-state index is 0.0386. The molecule has 5 heteroatoms. The van der Waals surface area contributed by atoms with Crippen LogP contribution in [0.1, 0.15) is 48.5 Å². The van der Waals surface area contributed by atoms with E-state index in [1.165, 1.54) is 12.8 Å². The van der Waals surface area contributed by atoms with Crippen LogP contribution < -0.4 is 9.47 Å². The van der Waals surface area contributed by atoms with E-state index in [0.29, 0.717) is 36.3 Å². The molecule has 1 saturated carbocycles. The average Bonchev–Trinajstić information content (AvgIpc) is 3.21. The normalized spacial score (nSPS) is 14.2. The van der Waals surface area contributed by atoms with Crippen LogP contribution in [0.25, 0.3) is 0 Å². The van der Waals surface area contributed by atoms with Crippen molar-refractivity contribution in [3.8, 4) is 11.5 Å². The third-order valence-electron chi connectivity index (χ3n) is 4.80. The number of benzene rings is 1. The summed E-state index contributed by atoms with van der Waals surface area (Å²) in [4.78, 5) is 18.8. The number of carbonyl (C=O) groups excluding carboxylic acids is 1. The fourth-order valence-corrected chi connectivity index (χ4v) is 3.33. The molecule has 0 aliphatic heterocycles. The number of hydrogen-bond acceptors (Lipinski definition) is 4. The molecule has 0 spiro atoms. The van der Waals surface area contributed by atoms with Crippen molar-refractivity contribution in [2.24, 2.45) is 0 Å². The molecule has 0 radical (unpaired) electrons. The predicted octanol–water partition coefficient (Wildman–Crippen LogP) is 4.07. The van der Waals surface area contributed by atoms with Crippen molar-refractivity contribution < 1.29 is 14.3 Å². The second-order valence-electron chi connectivity index (χ2n) is 6.60. The van der Waals surface area contributed by atoms with Crippen LogP contribution in [0.15, 0.2) is 42.7 Å². The Morgan fingerprint density at radius 3 is 2.69 bits per heavy atom. The summed E-state index contributed by atoms with van der Waals surface area (Å²) in [5.74, 6) is 1.27. The Morgan fingerprint density at radius 2 is 2.00 bits per heavy atom. The van der Waals surface area contributed by atoms with Crippen molar-refractivity contribution in [1.82, 2.24) is 9.88 Å². The Morgan fingerprint density at radius 1 is 1.19 bits per heavy atom. The molecule has 0 bridgehead atoms. The van der Waals surface area contributed by atoms with Gasteiger partial charge in [0.1, 0.15) is 6.61 Å². The zero-order valence-electron chi connectivity index (χ0n) is 15.5. The monoisotopic (exact) mass is 354 g/mol. The first-order valence-electron chi connectivity index (χ1n) is 9.24. The molecule has 1 aliphatic carbocycles. The lowest BCUT2D eigenvalue weighted by Gasteiger charge is -2.24. The van der Waals surface area contributed by atoms with Gasteiger partial charge >= 0.3 is 0 Å². The summed E-state index contributed by atoms with van der Waals surface area (Å²) in [7, 11) is 1.89. The summed E-state index contributed by atoms with van der Waals surface area (Å²) in [6.07, 6.45) is 8.09. The first-order valence-corrected chi connectivity index (χ1v) is 9.24. The second-order valence-corrected chi connectivity index (χ2v) is 6.60. The van der Waals surface area contributed by atoms with Crippen LogP contribution in [0.5, 0.6) is 11.5 Å². The number of carbonyl (C=O) groups is 1. The van der Waals surface area contributed by atoms with Crippen molar-refractivity contribution in [3.05, 3.63) is 53.9 Å². The lowest BCUT2D eigenvalue weighted by Crippen LogP contribution is -2.35. The molecular formula is C21H26N2O3. The standard InChI is InChI=1S/C21H26N2O3/c1-3-25-20-13-17(21(24)23(2)18-8-4-5-9-18)10-11-19(20)26-15-16-7-6-12-22-14-16/h6-7,10-14,18H,3-5,8-9,15H2,1-2H3. The smallest absolute Gasteiger partial charge is 0.253 e. The van der Waals surface area contributed by atoms with Crippen LogP contribution in [0.2, 0.25) is 0 Å². The average molecular weight is 354 g/mol. The van der Waals surface area contributed by atoms with Gasteiger partial charge in [-0.15, -0.1) is 0 Å². The number of ether oxygens (including phenoxy) is 2. The number of pyridine rings is 1. The molecule has 26 heavy (non-hydrogen) atoms. The fourth-order valence-electron chi connectivity index (χ4n) is 3.33. The van der Waals surface area contributed by atoms with Gasteiger partial charge in [0, 0.05) is 36.6 Å². The van der Waals surface area contributed by atoms with Crippen molar-refractivity contribution >= 4 is 5.91 Å². The molecule has 0 saturated heterocycles. The predicted molar refractivity (Wildman–Crippen MR) is 101 cm³/mol. The highest BCUT2D eigenvalue weighted by atomic mass is 16.5. The van der Waals surface area contributed by atoms with Crippen LogP contribution in [0.3, 0.4) is 0 Å². The van der Waals surface area contributed by atoms with E-state index < -0.39 is 0 Å². The highest BCUT2D eigenvalue weighted by Crippen LogP contribution is 2.31. The number of hydrogen-bond donors (Lipinski definition) is 0. The first-order chi connectivity index (χ1) is 12.7. The third kappa shape index (κ3) is 4.34. The molecule has 0 N–H and O–H groups in total. The summed E-state index contributed by atoms with van der Waals surface area (Å²) in [5.41, 5.74) is 1.62. The fraction of sp³-hybridized carbons (Fsp3) is 0.429. The molecule has 0 atom stereocenters. The Labute approximate surface area is 155 Å². The highest BCUT2D eigenvalue weighted by Gasteiger charge is 2.25. The molecule has 5 nitrogen and oxygen atoms in total. The van der Waals surface area contributed by atoms with Crippen LogP contribution in [0, 0.1) is 0 Å². The van der Waals surface area contributed by atoms with E-state index in [2.05, 4.69) is 4.98 Å². The summed E-state index contributed by atoms with van der Waals surface area (Å²) in [6, 6.07) is 9.60. The Kier molecular flexibility index (Phi) is 6.10. The zero-order valence-corrected chi connectivity index (χ0v) is 15.5. The zero-order chi connectivity index (χ0) is 18.4. The van der Waals surface area contributed by atoms with Gasteiger partial charge in [0.25, 0.3) is 5.91 Å². The lowest BCUT2D eigenvalue weighted by molar-refractivity contribution is 0.0734. The number of aromatic nitrogens is 1. The summed E-state index contributed by atoms with van der Waals surface area (Å²) in [5, 5.41) is 0. The molecule has 1 aromatic carbocycles. The van der Waals surface area contributed by atoms with Gasteiger partial charge < -0.3 is 14.4 Å². The SMILES string of the molecule is CCOc1cc(C(=O)N(C)C2CCCC2)ccc1OCc1cccnc1. The van der Waals surface area contributed by atoms with Crippen LogP contribution in [-0.2, 0) is 6.61 Å². The van der Waals surface area contributed by atoms with Crippen LogP contribution in [-0.4, -0.2) is 35.5 Å². The molecule has 0 unspecified atom stereocenters. The second kappa shape index (κ2) is 8.70. The maximum absolute atomic E-state index is 12.8. The van der Waals surface area contributed by atoms with Crippen molar-refractivity contribution in [3.63, 3.8) is 0 Å². The molecule has 1 aliphatic rings. The van der Waals surface area contributed by atoms with Crippen LogP contribution in [0.4, 0.5) is 0 Å². The van der Waals surface area contributed by atoms with Crippen LogP contribution >= 0.6 is 0 Å². The van der Waals surface area contributed by atoms with Crippen molar-refractivity contribution in [2.75, 3.05) is 13.7 Å². The molecule has 1 amide bonds. The van der Waals surface area contributed by atoms with Crippen molar-refractivity contribution in [1.29, 1.82) is 0 Å². The van der Waals surface area contributed by atoms with E-state index in [-0.39, 0.29) is 5.91 Å². The number of nitrogens with zero attached hydrogens (tertiary/aromatic N) is 2. The van der Waals surface area contributed by atoms with Gasteiger partial charge in [-0.1, -0.05) is 18.9 Å².